The zero-order chi connectivity index (χ0) is 7.56. The molecule has 0 saturated carbocycles. The van der Waals surface area contributed by atoms with E-state index in [2.05, 4.69) is 20.8 Å². The maximum absolute atomic E-state index is 6.68. The maximum Gasteiger partial charge on any atom is 0.205 e. The van der Waals surface area contributed by atoms with Crippen LogP contribution in [0.1, 0.15) is 0 Å². The van der Waals surface area contributed by atoms with E-state index < -0.39 is 0 Å². The molecule has 3 heteroatoms. The molecule has 0 amide bonds. The van der Waals surface area contributed by atoms with Crippen molar-refractivity contribution in [2.75, 3.05) is 0 Å². The van der Waals surface area contributed by atoms with Crippen LogP contribution in [0.25, 0.3) is 4.85 Å². The predicted octanol–water partition coefficient (Wildman–Crippen LogP) is 3.65. The average molecular weight is 216 g/mol. The van der Waals surface area contributed by atoms with Crippen molar-refractivity contribution in [1.82, 2.24) is 0 Å². The van der Waals surface area contributed by atoms with Gasteiger partial charge in [0.1, 0.15) is 0 Å². The first-order valence-corrected chi connectivity index (χ1v) is 3.73. The lowest BCUT2D eigenvalue weighted by Gasteiger charge is -1.93. The lowest BCUT2D eigenvalue weighted by Crippen LogP contribution is -1.65. The maximum atomic E-state index is 6.68. The Balaban J connectivity index is 3.23. The highest BCUT2D eigenvalue weighted by molar-refractivity contribution is 9.10. The first kappa shape index (κ1) is 7.59. The van der Waals surface area contributed by atoms with Crippen LogP contribution in [0.4, 0.5) is 5.69 Å². The van der Waals surface area contributed by atoms with Gasteiger partial charge in [0.15, 0.2) is 0 Å². The molecule has 0 fully saturated rings. The number of rotatable bonds is 0. The summed E-state index contributed by atoms with van der Waals surface area (Å²) in [4.78, 5) is 3.21. The molecule has 10 heavy (non-hydrogen) atoms. The Labute approximate surface area is 72.6 Å². The summed E-state index contributed by atoms with van der Waals surface area (Å²) in [5.41, 5.74) is 0.491. The molecule has 1 aromatic rings. The molecule has 0 bridgehead atoms. The lowest BCUT2D eigenvalue weighted by molar-refractivity contribution is 1.66. The van der Waals surface area contributed by atoms with Gasteiger partial charge in [0.05, 0.1) is 6.57 Å². The largest absolute Gasteiger partial charge is 0.237 e. The van der Waals surface area contributed by atoms with Crippen molar-refractivity contribution in [2.45, 2.75) is 0 Å². The third kappa shape index (κ3) is 1.50. The summed E-state index contributed by atoms with van der Waals surface area (Å²) in [5.74, 6) is 0. The van der Waals surface area contributed by atoms with E-state index in [1.165, 1.54) is 0 Å². The van der Waals surface area contributed by atoms with Gasteiger partial charge in [-0.3, -0.25) is 0 Å². The quantitative estimate of drug-likeness (QED) is 0.583. The second-order valence-electron chi connectivity index (χ2n) is 1.71. The summed E-state index contributed by atoms with van der Waals surface area (Å²) in [7, 11) is 0. The fraction of sp³-hybridized carbons (Fsp3) is 0. The second-order valence-corrected chi connectivity index (χ2v) is 3.03. The van der Waals surface area contributed by atoms with Gasteiger partial charge < -0.3 is 0 Å². The molecule has 0 N–H and O–H groups in total. The topological polar surface area (TPSA) is 4.36 Å². The molecule has 0 aliphatic carbocycles. The van der Waals surface area contributed by atoms with Crippen molar-refractivity contribution < 1.29 is 0 Å². The highest BCUT2D eigenvalue weighted by Gasteiger charge is 1.97. The molecule has 0 radical (unpaired) electrons. The summed E-state index contributed by atoms with van der Waals surface area (Å²) in [6.07, 6.45) is 0. The third-order valence-electron chi connectivity index (χ3n) is 1.03. The van der Waals surface area contributed by atoms with Crippen LogP contribution in [-0.4, -0.2) is 0 Å². The molecular weight excluding hydrogens is 213 g/mol. The van der Waals surface area contributed by atoms with E-state index in [1.54, 1.807) is 18.2 Å². The normalized spacial score (nSPS) is 8.90. The first-order valence-electron chi connectivity index (χ1n) is 2.56. The van der Waals surface area contributed by atoms with Gasteiger partial charge >= 0.3 is 0 Å². The molecule has 1 aromatic carbocycles. The SMILES string of the molecule is [C-]#[N+]c1ccc(Br)cc1Cl. The van der Waals surface area contributed by atoms with Crippen molar-refractivity contribution >= 4 is 33.2 Å². The molecule has 0 aliphatic rings. The fourth-order valence-corrected chi connectivity index (χ4v) is 1.29. The summed E-state index contributed by atoms with van der Waals surface area (Å²) in [5, 5.41) is 0.490. The van der Waals surface area contributed by atoms with E-state index in [0.29, 0.717) is 10.7 Å². The van der Waals surface area contributed by atoms with E-state index in [4.69, 9.17) is 18.2 Å². The zero-order valence-electron chi connectivity index (χ0n) is 4.94. The first-order chi connectivity index (χ1) is 4.74. The second kappa shape index (κ2) is 3.05. The van der Waals surface area contributed by atoms with Gasteiger partial charge in [0.2, 0.25) is 5.69 Å². The van der Waals surface area contributed by atoms with E-state index in [-0.39, 0.29) is 0 Å². The van der Waals surface area contributed by atoms with Gasteiger partial charge in [-0.1, -0.05) is 39.7 Å². The molecule has 0 unspecified atom stereocenters. The number of nitrogens with zero attached hydrogens (tertiary/aromatic N) is 1. The lowest BCUT2D eigenvalue weighted by atomic mass is 10.3. The zero-order valence-corrected chi connectivity index (χ0v) is 7.28. The Hall–Kier alpha value is -0.520. The molecule has 0 atom stereocenters. The fourth-order valence-electron chi connectivity index (χ4n) is 0.572. The molecule has 1 nitrogen and oxygen atoms in total. The van der Waals surface area contributed by atoms with Crippen molar-refractivity contribution in [3.63, 3.8) is 0 Å². The van der Waals surface area contributed by atoms with Crippen LogP contribution in [0, 0.1) is 6.57 Å². The van der Waals surface area contributed by atoms with Gasteiger partial charge in [-0.15, -0.1) is 0 Å². The van der Waals surface area contributed by atoms with E-state index in [0.717, 1.165) is 4.47 Å². The van der Waals surface area contributed by atoms with Crippen LogP contribution < -0.4 is 0 Å². The van der Waals surface area contributed by atoms with Gasteiger partial charge in [-0.2, -0.15) is 0 Å². The number of benzene rings is 1. The van der Waals surface area contributed by atoms with Gasteiger partial charge in [-0.25, -0.2) is 4.85 Å². The smallest absolute Gasteiger partial charge is 0.205 e. The molecule has 0 aliphatic heterocycles. The summed E-state index contributed by atoms with van der Waals surface area (Å²) in [6, 6.07) is 5.17. The summed E-state index contributed by atoms with van der Waals surface area (Å²) in [6.45, 7) is 6.68. The highest BCUT2D eigenvalue weighted by Crippen LogP contribution is 2.27. The van der Waals surface area contributed by atoms with Crippen molar-refractivity contribution in [3.05, 3.63) is 39.1 Å². The molecule has 0 aromatic heterocycles. The van der Waals surface area contributed by atoms with Crippen LogP contribution >= 0.6 is 27.5 Å². The molecule has 1 rings (SSSR count). The van der Waals surface area contributed by atoms with Crippen LogP contribution in [0.15, 0.2) is 22.7 Å². The van der Waals surface area contributed by atoms with Gasteiger partial charge in [0.25, 0.3) is 0 Å². The van der Waals surface area contributed by atoms with E-state index >= 15 is 0 Å². The minimum atomic E-state index is 0.490. The molecular formula is C7H3BrClN. The monoisotopic (exact) mass is 215 g/mol. The molecule has 0 saturated heterocycles. The van der Waals surface area contributed by atoms with Crippen LogP contribution in [0.5, 0.6) is 0 Å². The highest BCUT2D eigenvalue weighted by atomic mass is 79.9. The Kier molecular flexibility index (Phi) is 2.31. The van der Waals surface area contributed by atoms with Crippen molar-refractivity contribution in [2.24, 2.45) is 0 Å². The van der Waals surface area contributed by atoms with Crippen LogP contribution in [0.2, 0.25) is 5.02 Å². The molecule has 50 valence electrons. The molecule has 0 spiro atoms. The average Bonchev–Trinajstić information content (AvgIpc) is 1.88. The third-order valence-corrected chi connectivity index (χ3v) is 1.83. The Morgan fingerprint density at radius 2 is 2.20 bits per heavy atom. The number of halogens is 2. The summed E-state index contributed by atoms with van der Waals surface area (Å²) >= 11 is 8.92. The van der Waals surface area contributed by atoms with Gasteiger partial charge in [0, 0.05) is 9.50 Å². The number of hydrogen-bond donors (Lipinski definition) is 0. The van der Waals surface area contributed by atoms with E-state index in [9.17, 15) is 0 Å². The van der Waals surface area contributed by atoms with Crippen LogP contribution in [0.3, 0.4) is 0 Å². The van der Waals surface area contributed by atoms with Crippen molar-refractivity contribution in [3.8, 4) is 0 Å². The Bertz CT molecular complexity index is 290. The standard InChI is InChI=1S/C7H3BrClN/c1-10-7-3-2-5(8)4-6(7)9/h2-4H. The Morgan fingerprint density at radius 3 is 2.70 bits per heavy atom. The van der Waals surface area contributed by atoms with Crippen molar-refractivity contribution in [1.29, 1.82) is 0 Å². The number of hydrogen-bond acceptors (Lipinski definition) is 0. The predicted molar refractivity (Wildman–Crippen MR) is 45.4 cm³/mol. The van der Waals surface area contributed by atoms with Crippen LogP contribution in [-0.2, 0) is 0 Å². The molecule has 0 heterocycles. The van der Waals surface area contributed by atoms with Gasteiger partial charge in [-0.05, 0) is 6.07 Å². The van der Waals surface area contributed by atoms with E-state index in [1.807, 2.05) is 0 Å². The minimum absolute atomic E-state index is 0.490. The Morgan fingerprint density at radius 1 is 1.50 bits per heavy atom. The summed E-state index contributed by atoms with van der Waals surface area (Å²) < 4.78 is 0.893. The minimum Gasteiger partial charge on any atom is -0.237 e.